The second-order valence-electron chi connectivity index (χ2n) is 5.25. The van der Waals surface area contributed by atoms with Crippen molar-refractivity contribution in [1.82, 2.24) is 14.9 Å². The SMILES string of the molecule is C=CCN1CCC[C@@H](Nc2ccnc3[nH]cc(Cl)c23)C1. The number of likely N-dealkylation sites (tertiary alicyclic amines) is 1. The normalized spacial score (nSPS) is 20.1. The van der Waals surface area contributed by atoms with Crippen molar-refractivity contribution in [2.75, 3.05) is 25.0 Å². The smallest absolute Gasteiger partial charge is 0.140 e. The van der Waals surface area contributed by atoms with Gasteiger partial charge in [0, 0.05) is 37.2 Å². The Kier molecular flexibility index (Phi) is 3.94. The van der Waals surface area contributed by atoms with Gasteiger partial charge in [-0.05, 0) is 25.5 Å². The Morgan fingerprint density at radius 3 is 3.35 bits per heavy atom. The number of piperidine rings is 1. The van der Waals surface area contributed by atoms with Gasteiger partial charge in [-0.3, -0.25) is 4.90 Å². The first-order valence-electron chi connectivity index (χ1n) is 6.99. The summed E-state index contributed by atoms with van der Waals surface area (Å²) >= 11 is 6.24. The first-order valence-corrected chi connectivity index (χ1v) is 7.37. The molecule has 3 rings (SSSR count). The van der Waals surface area contributed by atoms with Gasteiger partial charge in [0.05, 0.1) is 10.4 Å². The molecule has 1 aliphatic heterocycles. The van der Waals surface area contributed by atoms with Gasteiger partial charge in [-0.1, -0.05) is 17.7 Å². The molecule has 106 valence electrons. The molecule has 5 heteroatoms. The summed E-state index contributed by atoms with van der Waals surface area (Å²) < 4.78 is 0. The quantitative estimate of drug-likeness (QED) is 0.850. The molecule has 0 aliphatic carbocycles. The lowest BCUT2D eigenvalue weighted by Gasteiger charge is -2.33. The number of hydrogen-bond donors (Lipinski definition) is 2. The van der Waals surface area contributed by atoms with Crippen LogP contribution in [-0.4, -0.2) is 40.5 Å². The fourth-order valence-electron chi connectivity index (χ4n) is 2.88. The van der Waals surface area contributed by atoms with Crippen molar-refractivity contribution >= 4 is 28.3 Å². The summed E-state index contributed by atoms with van der Waals surface area (Å²) in [6.07, 6.45) is 7.95. The molecule has 0 amide bonds. The van der Waals surface area contributed by atoms with Crippen molar-refractivity contribution < 1.29 is 0 Å². The Morgan fingerprint density at radius 1 is 1.60 bits per heavy atom. The Hall–Kier alpha value is -1.52. The monoisotopic (exact) mass is 290 g/mol. The zero-order valence-corrected chi connectivity index (χ0v) is 12.2. The summed E-state index contributed by atoms with van der Waals surface area (Å²) in [5.74, 6) is 0. The molecule has 3 heterocycles. The molecular formula is C15H19ClN4. The molecule has 0 spiro atoms. The Labute approximate surface area is 123 Å². The lowest BCUT2D eigenvalue weighted by atomic mass is 10.1. The molecule has 2 aromatic heterocycles. The van der Waals surface area contributed by atoms with E-state index in [9.17, 15) is 0 Å². The van der Waals surface area contributed by atoms with E-state index in [2.05, 4.69) is 26.8 Å². The van der Waals surface area contributed by atoms with E-state index in [1.54, 1.807) is 6.20 Å². The summed E-state index contributed by atoms with van der Waals surface area (Å²) in [6.45, 7) is 6.96. The van der Waals surface area contributed by atoms with Crippen LogP contribution in [0.4, 0.5) is 5.69 Å². The number of nitrogens with one attached hydrogen (secondary N) is 2. The molecular weight excluding hydrogens is 272 g/mol. The predicted molar refractivity (Wildman–Crippen MR) is 84.4 cm³/mol. The van der Waals surface area contributed by atoms with Crippen LogP contribution in [-0.2, 0) is 0 Å². The second-order valence-corrected chi connectivity index (χ2v) is 5.66. The summed E-state index contributed by atoms with van der Waals surface area (Å²) in [6, 6.07) is 2.44. The van der Waals surface area contributed by atoms with Gasteiger partial charge in [-0.2, -0.15) is 0 Å². The van der Waals surface area contributed by atoms with Crippen LogP contribution in [0.15, 0.2) is 31.1 Å². The fourth-order valence-corrected chi connectivity index (χ4v) is 3.12. The number of rotatable bonds is 4. The lowest BCUT2D eigenvalue weighted by molar-refractivity contribution is 0.237. The number of hydrogen-bond acceptors (Lipinski definition) is 3. The largest absolute Gasteiger partial charge is 0.380 e. The van der Waals surface area contributed by atoms with Crippen molar-refractivity contribution in [1.29, 1.82) is 0 Å². The van der Waals surface area contributed by atoms with Crippen LogP contribution in [0.5, 0.6) is 0 Å². The van der Waals surface area contributed by atoms with E-state index >= 15 is 0 Å². The number of halogens is 1. The highest BCUT2D eigenvalue weighted by Crippen LogP contribution is 2.30. The third-order valence-electron chi connectivity index (χ3n) is 3.78. The minimum atomic E-state index is 0.445. The summed E-state index contributed by atoms with van der Waals surface area (Å²) in [7, 11) is 0. The maximum Gasteiger partial charge on any atom is 0.140 e. The van der Waals surface area contributed by atoms with Crippen LogP contribution in [0.25, 0.3) is 11.0 Å². The zero-order valence-electron chi connectivity index (χ0n) is 11.4. The van der Waals surface area contributed by atoms with Crippen LogP contribution >= 0.6 is 11.6 Å². The number of H-pyrrole nitrogens is 1. The van der Waals surface area contributed by atoms with Crippen LogP contribution in [0, 0.1) is 0 Å². The minimum Gasteiger partial charge on any atom is -0.380 e. The summed E-state index contributed by atoms with van der Waals surface area (Å²) in [4.78, 5) is 9.81. The number of pyridine rings is 1. The number of anilines is 1. The van der Waals surface area contributed by atoms with Crippen molar-refractivity contribution in [3.8, 4) is 0 Å². The van der Waals surface area contributed by atoms with E-state index in [1.807, 2.05) is 18.3 Å². The van der Waals surface area contributed by atoms with Gasteiger partial charge in [-0.25, -0.2) is 4.98 Å². The highest BCUT2D eigenvalue weighted by Gasteiger charge is 2.20. The van der Waals surface area contributed by atoms with E-state index in [1.165, 1.54) is 12.8 Å². The van der Waals surface area contributed by atoms with Gasteiger partial charge in [-0.15, -0.1) is 6.58 Å². The van der Waals surface area contributed by atoms with Crippen molar-refractivity contribution in [3.63, 3.8) is 0 Å². The van der Waals surface area contributed by atoms with Crippen molar-refractivity contribution in [3.05, 3.63) is 36.1 Å². The van der Waals surface area contributed by atoms with E-state index < -0.39 is 0 Å². The molecule has 4 nitrogen and oxygen atoms in total. The molecule has 1 atom stereocenters. The van der Waals surface area contributed by atoms with Gasteiger partial charge in [0.25, 0.3) is 0 Å². The Bertz CT molecular complexity index is 607. The van der Waals surface area contributed by atoms with Crippen LogP contribution < -0.4 is 5.32 Å². The lowest BCUT2D eigenvalue weighted by Crippen LogP contribution is -2.42. The molecule has 0 unspecified atom stereocenters. The Morgan fingerprint density at radius 2 is 2.50 bits per heavy atom. The van der Waals surface area contributed by atoms with Gasteiger partial charge < -0.3 is 10.3 Å². The van der Waals surface area contributed by atoms with Gasteiger partial charge in [0.15, 0.2) is 0 Å². The standard InChI is InChI=1S/C15H19ClN4/c1-2-7-20-8-3-4-11(10-20)19-13-5-6-17-15-14(13)12(16)9-18-15/h2,5-6,9,11H,1,3-4,7-8,10H2,(H2,17,18,19)/t11-/m1/s1. The molecule has 0 radical (unpaired) electrons. The molecule has 1 fully saturated rings. The number of aromatic amines is 1. The van der Waals surface area contributed by atoms with Crippen LogP contribution in [0.1, 0.15) is 12.8 Å². The molecule has 2 aromatic rings. The zero-order chi connectivity index (χ0) is 13.9. The number of aromatic nitrogens is 2. The third-order valence-corrected chi connectivity index (χ3v) is 4.08. The highest BCUT2D eigenvalue weighted by molar-refractivity contribution is 6.36. The third kappa shape index (κ3) is 2.67. The molecule has 0 saturated carbocycles. The van der Waals surface area contributed by atoms with Gasteiger partial charge in [0.1, 0.15) is 5.65 Å². The van der Waals surface area contributed by atoms with E-state index in [0.717, 1.165) is 36.4 Å². The maximum atomic E-state index is 6.24. The minimum absolute atomic E-state index is 0.445. The van der Waals surface area contributed by atoms with Crippen LogP contribution in [0.2, 0.25) is 5.02 Å². The topological polar surface area (TPSA) is 44.0 Å². The number of nitrogens with zero attached hydrogens (tertiary/aromatic N) is 2. The summed E-state index contributed by atoms with van der Waals surface area (Å²) in [5, 5.41) is 5.32. The average molecular weight is 291 g/mol. The average Bonchev–Trinajstić information content (AvgIpc) is 2.83. The first kappa shape index (κ1) is 13.5. The number of fused-ring (bicyclic) bond motifs is 1. The molecule has 2 N–H and O–H groups in total. The molecule has 1 aliphatic rings. The summed E-state index contributed by atoms with van der Waals surface area (Å²) in [5.41, 5.74) is 1.89. The molecule has 0 aromatic carbocycles. The Balaban J connectivity index is 1.79. The maximum absolute atomic E-state index is 6.24. The first-order chi connectivity index (χ1) is 9.78. The fraction of sp³-hybridized carbons (Fsp3) is 0.400. The molecule has 1 saturated heterocycles. The van der Waals surface area contributed by atoms with E-state index in [-0.39, 0.29) is 0 Å². The van der Waals surface area contributed by atoms with E-state index in [0.29, 0.717) is 11.1 Å². The van der Waals surface area contributed by atoms with Gasteiger partial charge in [0.2, 0.25) is 0 Å². The van der Waals surface area contributed by atoms with Crippen molar-refractivity contribution in [2.24, 2.45) is 0 Å². The van der Waals surface area contributed by atoms with E-state index in [4.69, 9.17) is 11.6 Å². The van der Waals surface area contributed by atoms with Gasteiger partial charge >= 0.3 is 0 Å². The second kappa shape index (κ2) is 5.85. The molecule has 20 heavy (non-hydrogen) atoms. The van der Waals surface area contributed by atoms with Crippen LogP contribution in [0.3, 0.4) is 0 Å². The highest BCUT2D eigenvalue weighted by atomic mass is 35.5. The van der Waals surface area contributed by atoms with Crippen molar-refractivity contribution in [2.45, 2.75) is 18.9 Å². The predicted octanol–water partition coefficient (Wildman–Crippen LogP) is 3.28. The molecule has 0 bridgehead atoms.